The first kappa shape index (κ1) is 12.1. The van der Waals surface area contributed by atoms with Gasteiger partial charge in [-0.3, -0.25) is 0 Å². The summed E-state index contributed by atoms with van der Waals surface area (Å²) in [5.74, 6) is 1.18. The molecular formula is C13H20O2. The monoisotopic (exact) mass is 208 g/mol. The van der Waals surface area contributed by atoms with E-state index in [1.807, 2.05) is 45.0 Å². The van der Waals surface area contributed by atoms with Crippen LogP contribution in [0.1, 0.15) is 25.8 Å². The first-order valence-corrected chi connectivity index (χ1v) is 5.47. The van der Waals surface area contributed by atoms with E-state index >= 15 is 0 Å². The van der Waals surface area contributed by atoms with Gasteiger partial charge in [0, 0.05) is 6.42 Å². The van der Waals surface area contributed by atoms with Gasteiger partial charge in [0.1, 0.15) is 5.75 Å². The number of benzene rings is 1. The third kappa shape index (κ3) is 4.34. The van der Waals surface area contributed by atoms with Crippen molar-refractivity contribution in [3.05, 3.63) is 29.8 Å². The van der Waals surface area contributed by atoms with Crippen molar-refractivity contribution >= 4 is 0 Å². The molecule has 0 fully saturated rings. The van der Waals surface area contributed by atoms with Crippen LogP contribution < -0.4 is 4.74 Å². The van der Waals surface area contributed by atoms with Gasteiger partial charge in [0.25, 0.3) is 0 Å². The minimum atomic E-state index is -0.269. The Labute approximate surface area is 91.9 Å². The van der Waals surface area contributed by atoms with E-state index in [2.05, 4.69) is 0 Å². The van der Waals surface area contributed by atoms with Crippen LogP contribution in [-0.2, 0) is 0 Å². The van der Waals surface area contributed by atoms with E-state index in [1.54, 1.807) is 0 Å². The molecule has 0 spiro atoms. The second-order valence-electron chi connectivity index (χ2n) is 4.27. The fourth-order valence-corrected chi connectivity index (χ4v) is 1.34. The van der Waals surface area contributed by atoms with Crippen molar-refractivity contribution in [2.24, 2.45) is 5.92 Å². The molecule has 2 nitrogen and oxygen atoms in total. The van der Waals surface area contributed by atoms with Crippen molar-refractivity contribution in [2.45, 2.75) is 33.3 Å². The van der Waals surface area contributed by atoms with Gasteiger partial charge in [0.2, 0.25) is 0 Å². The van der Waals surface area contributed by atoms with Gasteiger partial charge >= 0.3 is 0 Å². The topological polar surface area (TPSA) is 29.5 Å². The molecule has 2 heteroatoms. The summed E-state index contributed by atoms with van der Waals surface area (Å²) in [5, 5.41) is 9.58. The van der Waals surface area contributed by atoms with E-state index in [9.17, 15) is 5.11 Å². The molecule has 84 valence electrons. The lowest BCUT2D eigenvalue weighted by Gasteiger charge is -2.14. The molecule has 1 aromatic carbocycles. The van der Waals surface area contributed by atoms with Crippen molar-refractivity contribution in [1.29, 1.82) is 0 Å². The first-order chi connectivity index (χ1) is 7.09. The number of hydrogen-bond donors (Lipinski definition) is 1. The van der Waals surface area contributed by atoms with Crippen LogP contribution >= 0.6 is 0 Å². The van der Waals surface area contributed by atoms with Crippen molar-refractivity contribution in [3.63, 3.8) is 0 Å². The van der Waals surface area contributed by atoms with E-state index in [1.165, 1.54) is 5.56 Å². The molecular weight excluding hydrogens is 188 g/mol. The number of rotatable bonds is 5. The Balaban J connectivity index is 2.32. The quantitative estimate of drug-likeness (QED) is 0.806. The summed E-state index contributed by atoms with van der Waals surface area (Å²) in [7, 11) is 0. The van der Waals surface area contributed by atoms with Crippen LogP contribution in [0.15, 0.2) is 24.3 Å². The van der Waals surface area contributed by atoms with Crippen LogP contribution in [0, 0.1) is 12.8 Å². The van der Waals surface area contributed by atoms with Gasteiger partial charge in [-0.1, -0.05) is 26.0 Å². The largest absolute Gasteiger partial charge is 0.493 e. The molecule has 0 aliphatic heterocycles. The van der Waals surface area contributed by atoms with Gasteiger partial charge in [0.05, 0.1) is 12.7 Å². The third-order valence-corrected chi connectivity index (χ3v) is 2.44. The summed E-state index contributed by atoms with van der Waals surface area (Å²) < 4.78 is 5.55. The van der Waals surface area contributed by atoms with Crippen molar-refractivity contribution in [3.8, 4) is 5.75 Å². The van der Waals surface area contributed by atoms with Gasteiger partial charge in [-0.05, 0) is 30.5 Å². The molecule has 1 aromatic rings. The van der Waals surface area contributed by atoms with Gasteiger partial charge in [-0.2, -0.15) is 0 Å². The highest BCUT2D eigenvalue weighted by molar-refractivity contribution is 5.27. The Bertz CT molecular complexity index is 294. The lowest BCUT2D eigenvalue weighted by Crippen LogP contribution is -2.17. The minimum Gasteiger partial charge on any atom is -0.493 e. The normalized spacial score (nSPS) is 12.9. The summed E-state index contributed by atoms with van der Waals surface area (Å²) in [5.41, 5.74) is 1.19. The maximum atomic E-state index is 9.58. The summed E-state index contributed by atoms with van der Waals surface area (Å²) in [6.07, 6.45) is 0.417. The number of ether oxygens (including phenoxy) is 1. The maximum absolute atomic E-state index is 9.58. The van der Waals surface area contributed by atoms with E-state index in [0.717, 1.165) is 5.75 Å². The number of aryl methyl sites for hydroxylation is 1. The van der Waals surface area contributed by atoms with Crippen LogP contribution in [0.2, 0.25) is 0 Å². The summed E-state index contributed by atoms with van der Waals surface area (Å²) >= 11 is 0. The molecule has 0 saturated heterocycles. The number of hydrogen-bond acceptors (Lipinski definition) is 2. The fraction of sp³-hybridized carbons (Fsp3) is 0.538. The Morgan fingerprint density at radius 2 is 2.07 bits per heavy atom. The molecule has 1 unspecified atom stereocenters. The Kier molecular flexibility index (Phi) is 4.63. The Morgan fingerprint density at radius 3 is 2.67 bits per heavy atom. The van der Waals surface area contributed by atoms with E-state index in [-0.39, 0.29) is 6.10 Å². The second kappa shape index (κ2) is 5.76. The minimum absolute atomic E-state index is 0.269. The van der Waals surface area contributed by atoms with Crippen LogP contribution in [-0.4, -0.2) is 17.8 Å². The molecule has 0 saturated carbocycles. The number of aliphatic hydroxyl groups is 1. The van der Waals surface area contributed by atoms with Crippen LogP contribution in [0.25, 0.3) is 0 Å². The maximum Gasteiger partial charge on any atom is 0.119 e. The van der Waals surface area contributed by atoms with Crippen LogP contribution in [0.4, 0.5) is 0 Å². The predicted octanol–water partition coefficient (Wildman–Crippen LogP) is 2.78. The fourth-order valence-electron chi connectivity index (χ4n) is 1.34. The highest BCUT2D eigenvalue weighted by atomic mass is 16.5. The van der Waals surface area contributed by atoms with Gasteiger partial charge in [0.15, 0.2) is 0 Å². The molecule has 1 atom stereocenters. The average Bonchev–Trinajstić information content (AvgIpc) is 2.17. The van der Waals surface area contributed by atoms with Crippen molar-refractivity contribution in [2.75, 3.05) is 6.61 Å². The SMILES string of the molecule is Cc1cccc(OCCC(O)C(C)C)c1. The zero-order valence-electron chi connectivity index (χ0n) is 9.73. The summed E-state index contributed by atoms with van der Waals surface area (Å²) in [4.78, 5) is 0. The Morgan fingerprint density at radius 1 is 1.33 bits per heavy atom. The molecule has 1 N–H and O–H groups in total. The molecule has 0 aromatic heterocycles. The first-order valence-electron chi connectivity index (χ1n) is 5.47. The zero-order chi connectivity index (χ0) is 11.3. The molecule has 15 heavy (non-hydrogen) atoms. The van der Waals surface area contributed by atoms with Crippen molar-refractivity contribution < 1.29 is 9.84 Å². The molecule has 0 amide bonds. The third-order valence-electron chi connectivity index (χ3n) is 2.44. The lowest BCUT2D eigenvalue weighted by atomic mass is 10.1. The van der Waals surface area contributed by atoms with Crippen molar-refractivity contribution in [1.82, 2.24) is 0 Å². The Hall–Kier alpha value is -1.02. The summed E-state index contributed by atoms with van der Waals surface area (Å²) in [6, 6.07) is 7.95. The predicted molar refractivity (Wildman–Crippen MR) is 62.1 cm³/mol. The van der Waals surface area contributed by atoms with Gasteiger partial charge in [-0.15, -0.1) is 0 Å². The highest BCUT2D eigenvalue weighted by Crippen LogP contribution is 2.13. The average molecular weight is 208 g/mol. The van der Waals surface area contributed by atoms with Gasteiger partial charge in [-0.25, -0.2) is 0 Å². The zero-order valence-corrected chi connectivity index (χ0v) is 9.73. The lowest BCUT2D eigenvalue weighted by molar-refractivity contribution is 0.0976. The molecule has 0 heterocycles. The number of aliphatic hydroxyl groups excluding tert-OH is 1. The standard InChI is InChI=1S/C13H20O2/c1-10(2)13(14)7-8-15-12-6-4-5-11(3)9-12/h4-6,9-10,13-14H,7-8H2,1-3H3. The van der Waals surface area contributed by atoms with Gasteiger partial charge < -0.3 is 9.84 Å². The van der Waals surface area contributed by atoms with E-state index in [0.29, 0.717) is 18.9 Å². The second-order valence-corrected chi connectivity index (χ2v) is 4.27. The summed E-state index contributed by atoms with van der Waals surface area (Å²) in [6.45, 7) is 6.63. The molecule has 0 bridgehead atoms. The molecule has 0 radical (unpaired) electrons. The molecule has 0 aliphatic rings. The highest BCUT2D eigenvalue weighted by Gasteiger charge is 2.08. The molecule has 0 aliphatic carbocycles. The molecule has 1 rings (SSSR count). The van der Waals surface area contributed by atoms with E-state index in [4.69, 9.17) is 4.74 Å². The van der Waals surface area contributed by atoms with Crippen LogP contribution in [0.3, 0.4) is 0 Å². The van der Waals surface area contributed by atoms with E-state index < -0.39 is 0 Å². The smallest absolute Gasteiger partial charge is 0.119 e. The van der Waals surface area contributed by atoms with Crippen LogP contribution in [0.5, 0.6) is 5.75 Å².